The van der Waals surface area contributed by atoms with E-state index in [0.29, 0.717) is 5.92 Å². The van der Waals surface area contributed by atoms with E-state index in [4.69, 9.17) is 0 Å². The number of fused-ring (bicyclic) bond motifs is 6. The molecule has 0 N–H and O–H groups in total. The molecule has 5 rings (SSSR count). The van der Waals surface area contributed by atoms with Crippen molar-refractivity contribution in [1.82, 2.24) is 0 Å². The fourth-order valence-electron chi connectivity index (χ4n) is 7.93. The van der Waals surface area contributed by atoms with E-state index in [9.17, 15) is 0 Å². The standard InChI is InChI=1S/C29H37.2ClH.Ti/c1-18-25-22-17-19-13-9-10-14-20(19)24(22)21-15-11-12-16-23(21)29(25,8)28(6,7)27(4,5)26(18,2)3;;;/h9-11,13-15,23H,12,16-17H2,1-8H3;2*1H;/q;;;+2/p-2. The average molecular weight is 504 g/mol. The maximum Gasteiger partial charge on any atom is -1.00 e. The van der Waals surface area contributed by atoms with Gasteiger partial charge in [0.05, 0.1) is 0 Å². The van der Waals surface area contributed by atoms with E-state index in [-0.39, 0.29) is 50.2 Å². The molecule has 3 heteroatoms. The van der Waals surface area contributed by atoms with E-state index < -0.39 is 0 Å². The predicted octanol–water partition coefficient (Wildman–Crippen LogP) is 2.10. The van der Waals surface area contributed by atoms with Crippen molar-refractivity contribution in [2.45, 2.75) is 78.4 Å². The second-order valence-corrected chi connectivity index (χ2v) is 13.8. The van der Waals surface area contributed by atoms with Crippen LogP contribution >= 0.6 is 0 Å². The van der Waals surface area contributed by atoms with Crippen LogP contribution in [0.15, 0.2) is 53.1 Å². The minimum absolute atomic E-state index is 0. The first-order chi connectivity index (χ1) is 13.8. The number of rotatable bonds is 0. The van der Waals surface area contributed by atoms with Gasteiger partial charge in [-0.2, -0.15) is 0 Å². The summed E-state index contributed by atoms with van der Waals surface area (Å²) in [6, 6.07) is 9.20. The largest absolute Gasteiger partial charge is 1.00 e. The van der Waals surface area contributed by atoms with Gasteiger partial charge in [0.15, 0.2) is 0 Å². The van der Waals surface area contributed by atoms with Gasteiger partial charge in [-0.15, -0.1) is 0 Å². The maximum atomic E-state index is 2.65. The zero-order valence-electron chi connectivity index (χ0n) is 20.9. The van der Waals surface area contributed by atoms with Gasteiger partial charge in [0.1, 0.15) is 0 Å². The molecule has 0 bridgehead atoms. The first-order valence-electron chi connectivity index (χ1n) is 11.8. The molecule has 0 aromatic heterocycles. The third-order valence-electron chi connectivity index (χ3n) is 11.2. The summed E-state index contributed by atoms with van der Waals surface area (Å²) in [4.78, 5) is 0. The molecule has 0 nitrogen and oxygen atoms in total. The Balaban J connectivity index is 0.00000144. The van der Waals surface area contributed by atoms with Crippen molar-refractivity contribution in [1.29, 1.82) is 0 Å². The summed E-state index contributed by atoms with van der Waals surface area (Å²) in [5.74, 6) is 0.604. The maximum absolute atomic E-state index is 2.65. The Kier molecular flexibility index (Phi) is 6.27. The SMILES string of the molecule is C[C]1([Ti+2])C2=C3Cc4ccccc4C3=C3C=CCCC3C2(C)C(C)(C)C(C)(C)C1(C)C.[Cl-].[Cl-]. The number of allylic oxidation sites excluding steroid dienone is 6. The van der Waals surface area contributed by atoms with Crippen molar-refractivity contribution in [2.24, 2.45) is 27.6 Å². The van der Waals surface area contributed by atoms with Crippen LogP contribution in [0.2, 0.25) is 3.72 Å². The van der Waals surface area contributed by atoms with Gasteiger partial charge in [-0.05, 0) is 0 Å². The quantitative estimate of drug-likeness (QED) is 0.475. The zero-order valence-corrected chi connectivity index (χ0v) is 24.0. The normalized spacial score (nSPS) is 35.1. The van der Waals surface area contributed by atoms with Crippen LogP contribution in [0.3, 0.4) is 0 Å². The first-order valence-corrected chi connectivity index (χ1v) is 12.6. The van der Waals surface area contributed by atoms with Gasteiger partial charge in [-0.1, -0.05) is 0 Å². The van der Waals surface area contributed by atoms with Gasteiger partial charge < -0.3 is 24.8 Å². The third kappa shape index (κ3) is 2.68. The summed E-state index contributed by atoms with van der Waals surface area (Å²) in [5.41, 5.74) is 10.4. The van der Waals surface area contributed by atoms with Gasteiger partial charge in [0, 0.05) is 0 Å². The second-order valence-electron chi connectivity index (χ2n) is 12.3. The number of halogens is 2. The Morgan fingerprint density at radius 2 is 1.47 bits per heavy atom. The minimum atomic E-state index is 0. The van der Waals surface area contributed by atoms with Crippen LogP contribution in [0.25, 0.3) is 5.57 Å². The first kappa shape index (κ1) is 26.3. The molecular weight excluding hydrogens is 467 g/mol. The topological polar surface area (TPSA) is 0 Å². The molecule has 0 amide bonds. The second kappa shape index (κ2) is 7.62. The van der Waals surface area contributed by atoms with Crippen LogP contribution in [-0.4, -0.2) is 0 Å². The van der Waals surface area contributed by atoms with Crippen LogP contribution in [0, 0.1) is 27.6 Å². The van der Waals surface area contributed by atoms with E-state index in [0.717, 1.165) is 6.42 Å². The fraction of sp³-hybridized carbons (Fsp3) is 0.586. The molecule has 4 aliphatic carbocycles. The van der Waals surface area contributed by atoms with Crippen LogP contribution in [0.4, 0.5) is 0 Å². The van der Waals surface area contributed by atoms with Crippen LogP contribution in [0.1, 0.15) is 79.4 Å². The molecular formula is C29H37Cl2Ti. The van der Waals surface area contributed by atoms with Crippen LogP contribution in [-0.2, 0) is 26.9 Å². The molecule has 3 unspecified atom stereocenters. The van der Waals surface area contributed by atoms with E-state index in [1.165, 1.54) is 24.0 Å². The molecule has 4 aliphatic rings. The molecule has 1 saturated carbocycles. The Bertz CT molecular complexity index is 1050. The summed E-state index contributed by atoms with van der Waals surface area (Å²) < 4.78 is 0.135. The summed E-state index contributed by atoms with van der Waals surface area (Å²) in [6.45, 7) is 20.6. The monoisotopic (exact) mass is 503 g/mol. The summed E-state index contributed by atoms with van der Waals surface area (Å²) in [6.07, 6.45) is 8.53. The predicted molar refractivity (Wildman–Crippen MR) is 124 cm³/mol. The molecule has 32 heavy (non-hydrogen) atoms. The van der Waals surface area contributed by atoms with Crippen molar-refractivity contribution < 1.29 is 45.2 Å². The zero-order chi connectivity index (χ0) is 21.9. The van der Waals surface area contributed by atoms with E-state index in [1.807, 2.05) is 0 Å². The molecule has 0 saturated heterocycles. The fourth-order valence-corrected chi connectivity index (χ4v) is 9.06. The summed E-state index contributed by atoms with van der Waals surface area (Å²) in [7, 11) is 0. The van der Waals surface area contributed by atoms with E-state index in [1.54, 1.807) is 22.3 Å². The molecule has 0 spiro atoms. The van der Waals surface area contributed by atoms with Gasteiger partial charge in [-0.25, -0.2) is 0 Å². The average Bonchev–Trinajstić information content (AvgIpc) is 3.05. The van der Waals surface area contributed by atoms with Crippen LogP contribution < -0.4 is 24.8 Å². The third-order valence-corrected chi connectivity index (χ3v) is 12.6. The molecule has 0 radical (unpaired) electrons. The summed E-state index contributed by atoms with van der Waals surface area (Å²) >= 11 is 2.56. The number of hydrogen-bond acceptors (Lipinski definition) is 0. The molecule has 0 aliphatic heterocycles. The molecule has 0 heterocycles. The summed E-state index contributed by atoms with van der Waals surface area (Å²) in [5, 5.41) is 0. The molecule has 3 atom stereocenters. The van der Waals surface area contributed by atoms with Gasteiger partial charge in [0.2, 0.25) is 0 Å². The Morgan fingerprint density at radius 1 is 0.844 bits per heavy atom. The Labute approximate surface area is 220 Å². The van der Waals surface area contributed by atoms with Gasteiger partial charge >= 0.3 is 196 Å². The Hall–Kier alpha value is -0.266. The Morgan fingerprint density at radius 3 is 2.12 bits per heavy atom. The van der Waals surface area contributed by atoms with Crippen molar-refractivity contribution in [3.63, 3.8) is 0 Å². The van der Waals surface area contributed by atoms with Crippen molar-refractivity contribution in [2.75, 3.05) is 0 Å². The minimum Gasteiger partial charge on any atom is -1.00 e. The van der Waals surface area contributed by atoms with E-state index >= 15 is 0 Å². The van der Waals surface area contributed by atoms with Crippen molar-refractivity contribution in [3.8, 4) is 0 Å². The van der Waals surface area contributed by atoms with Gasteiger partial charge in [0.25, 0.3) is 0 Å². The van der Waals surface area contributed by atoms with Gasteiger partial charge in [-0.3, -0.25) is 0 Å². The van der Waals surface area contributed by atoms with Crippen molar-refractivity contribution >= 4 is 5.57 Å². The molecule has 1 aromatic rings. The smallest absolute Gasteiger partial charge is 1.00 e. The molecule has 171 valence electrons. The number of hydrogen-bond donors (Lipinski definition) is 0. The molecule has 1 fully saturated rings. The molecule has 1 aromatic carbocycles. The van der Waals surface area contributed by atoms with Crippen LogP contribution in [0.5, 0.6) is 0 Å². The van der Waals surface area contributed by atoms with Crippen molar-refractivity contribution in [3.05, 3.63) is 64.3 Å². The number of benzene rings is 1. The van der Waals surface area contributed by atoms with E-state index in [2.05, 4.69) is 112 Å².